The molecular formula is C16H22N4O2. The number of carbonyl (C=O) groups is 1. The van der Waals surface area contributed by atoms with Crippen LogP contribution < -0.4 is 0 Å². The number of hydrogen-bond donors (Lipinski definition) is 0. The van der Waals surface area contributed by atoms with Crippen LogP contribution in [-0.4, -0.2) is 58.2 Å². The third kappa shape index (κ3) is 3.22. The number of aryl methyl sites for hydroxylation is 2. The minimum absolute atomic E-state index is 0.0843. The molecule has 6 nitrogen and oxygen atoms in total. The molecule has 0 unspecified atom stereocenters. The van der Waals surface area contributed by atoms with Crippen LogP contribution in [0.5, 0.6) is 0 Å². The van der Waals surface area contributed by atoms with E-state index in [1.54, 1.807) is 6.20 Å². The lowest BCUT2D eigenvalue weighted by Gasteiger charge is -2.34. The van der Waals surface area contributed by atoms with Crippen LogP contribution in [0.2, 0.25) is 0 Å². The van der Waals surface area contributed by atoms with Crippen LogP contribution in [0.3, 0.4) is 0 Å². The molecule has 0 N–H and O–H groups in total. The van der Waals surface area contributed by atoms with Gasteiger partial charge in [-0.3, -0.25) is 14.4 Å². The van der Waals surface area contributed by atoms with Gasteiger partial charge in [-0.2, -0.15) is 5.10 Å². The molecule has 1 aliphatic rings. The molecule has 0 bridgehead atoms. The summed E-state index contributed by atoms with van der Waals surface area (Å²) in [7, 11) is 0. The van der Waals surface area contributed by atoms with Crippen LogP contribution in [-0.2, 0) is 6.54 Å². The summed E-state index contributed by atoms with van der Waals surface area (Å²) < 4.78 is 7.40. The largest absolute Gasteiger partial charge is 0.466 e. The highest BCUT2D eigenvalue weighted by Crippen LogP contribution is 2.17. The van der Waals surface area contributed by atoms with Gasteiger partial charge < -0.3 is 9.32 Å². The average Bonchev–Trinajstić information content (AvgIpc) is 3.14. The minimum atomic E-state index is 0.0843. The van der Waals surface area contributed by atoms with E-state index in [2.05, 4.69) is 10.00 Å². The summed E-state index contributed by atoms with van der Waals surface area (Å²) in [5.41, 5.74) is 0.697. The number of amides is 1. The van der Waals surface area contributed by atoms with Crippen molar-refractivity contribution < 1.29 is 9.21 Å². The molecule has 0 atom stereocenters. The van der Waals surface area contributed by atoms with Crippen LogP contribution in [0, 0.1) is 13.8 Å². The maximum Gasteiger partial charge on any atom is 0.257 e. The van der Waals surface area contributed by atoms with Crippen molar-refractivity contribution in [1.29, 1.82) is 0 Å². The average molecular weight is 302 g/mol. The van der Waals surface area contributed by atoms with Crippen molar-refractivity contribution >= 4 is 5.91 Å². The highest BCUT2D eigenvalue weighted by Gasteiger charge is 2.24. The number of rotatable bonds is 4. The Bertz CT molecular complexity index is 625. The molecule has 3 heterocycles. The van der Waals surface area contributed by atoms with Crippen LogP contribution in [0.4, 0.5) is 0 Å². The number of furan rings is 1. The van der Waals surface area contributed by atoms with Crippen molar-refractivity contribution in [2.45, 2.75) is 20.4 Å². The van der Waals surface area contributed by atoms with E-state index in [4.69, 9.17) is 4.42 Å². The van der Waals surface area contributed by atoms with Crippen molar-refractivity contribution in [3.05, 3.63) is 41.6 Å². The second-order valence-corrected chi connectivity index (χ2v) is 5.73. The summed E-state index contributed by atoms with van der Waals surface area (Å²) in [5, 5.41) is 4.21. The predicted octanol–water partition coefficient (Wildman–Crippen LogP) is 1.55. The Hall–Kier alpha value is -2.08. The minimum Gasteiger partial charge on any atom is -0.466 e. The lowest BCUT2D eigenvalue weighted by atomic mass is 10.2. The van der Waals surface area contributed by atoms with Gasteiger partial charge in [-0.25, -0.2) is 0 Å². The standard InChI is InChI=1S/C16H22N4O2/c1-13-12-15(14(2)22-13)16(21)19-9-6-18(7-10-19)8-11-20-5-3-4-17-20/h3-5,12H,6-11H2,1-2H3. The zero-order valence-corrected chi connectivity index (χ0v) is 13.2. The SMILES string of the molecule is Cc1cc(C(=O)N2CCN(CCn3cccn3)CC2)c(C)o1. The fourth-order valence-corrected chi connectivity index (χ4v) is 2.86. The van der Waals surface area contributed by atoms with Gasteiger partial charge in [-0.15, -0.1) is 0 Å². The summed E-state index contributed by atoms with van der Waals surface area (Å²) in [6, 6.07) is 3.77. The van der Waals surface area contributed by atoms with Crippen molar-refractivity contribution in [1.82, 2.24) is 19.6 Å². The van der Waals surface area contributed by atoms with Crippen LogP contribution >= 0.6 is 0 Å². The van der Waals surface area contributed by atoms with E-state index in [-0.39, 0.29) is 5.91 Å². The van der Waals surface area contributed by atoms with E-state index in [1.165, 1.54) is 0 Å². The molecule has 0 aromatic carbocycles. The Morgan fingerprint density at radius 2 is 2.00 bits per heavy atom. The van der Waals surface area contributed by atoms with Gasteiger partial charge in [-0.05, 0) is 26.0 Å². The van der Waals surface area contributed by atoms with E-state index in [1.807, 2.05) is 41.8 Å². The van der Waals surface area contributed by atoms with Crippen molar-refractivity contribution in [2.24, 2.45) is 0 Å². The Balaban J connectivity index is 1.51. The summed E-state index contributed by atoms with van der Waals surface area (Å²) in [4.78, 5) is 16.8. The lowest BCUT2D eigenvalue weighted by molar-refractivity contribution is 0.0630. The van der Waals surface area contributed by atoms with Gasteiger partial charge >= 0.3 is 0 Å². The molecule has 1 aliphatic heterocycles. The number of piperazine rings is 1. The van der Waals surface area contributed by atoms with E-state index < -0.39 is 0 Å². The molecule has 2 aromatic heterocycles. The second-order valence-electron chi connectivity index (χ2n) is 5.73. The predicted molar refractivity (Wildman–Crippen MR) is 82.8 cm³/mol. The Labute approximate surface area is 130 Å². The maximum absolute atomic E-state index is 12.5. The van der Waals surface area contributed by atoms with Gasteiger partial charge in [0.15, 0.2) is 0 Å². The maximum atomic E-state index is 12.5. The lowest BCUT2D eigenvalue weighted by Crippen LogP contribution is -2.49. The summed E-state index contributed by atoms with van der Waals surface area (Å²) in [5.74, 6) is 1.59. The van der Waals surface area contributed by atoms with Gasteiger partial charge in [0.25, 0.3) is 5.91 Å². The number of nitrogens with zero attached hydrogens (tertiary/aromatic N) is 4. The number of aromatic nitrogens is 2. The normalized spacial score (nSPS) is 16.2. The molecule has 0 aliphatic carbocycles. The molecule has 1 fully saturated rings. The smallest absolute Gasteiger partial charge is 0.257 e. The van der Waals surface area contributed by atoms with Gasteiger partial charge in [0.1, 0.15) is 11.5 Å². The summed E-state index contributed by atoms with van der Waals surface area (Å²) in [6.45, 7) is 8.92. The molecule has 3 rings (SSSR count). The zero-order valence-electron chi connectivity index (χ0n) is 13.2. The molecule has 0 saturated carbocycles. The Morgan fingerprint density at radius 3 is 2.59 bits per heavy atom. The van der Waals surface area contributed by atoms with E-state index in [0.29, 0.717) is 11.3 Å². The molecular weight excluding hydrogens is 280 g/mol. The Kier molecular flexibility index (Phi) is 4.29. The quantitative estimate of drug-likeness (QED) is 0.860. The molecule has 6 heteroatoms. The van der Waals surface area contributed by atoms with E-state index in [0.717, 1.165) is 45.0 Å². The first-order valence-electron chi connectivity index (χ1n) is 7.69. The zero-order chi connectivity index (χ0) is 15.5. The molecule has 0 spiro atoms. The van der Waals surface area contributed by atoms with Gasteiger partial charge in [0.2, 0.25) is 0 Å². The first-order valence-corrected chi connectivity index (χ1v) is 7.69. The van der Waals surface area contributed by atoms with Crippen molar-refractivity contribution in [3.63, 3.8) is 0 Å². The van der Waals surface area contributed by atoms with Gasteiger partial charge in [-0.1, -0.05) is 0 Å². The van der Waals surface area contributed by atoms with Gasteiger partial charge in [0, 0.05) is 45.1 Å². The molecule has 2 aromatic rings. The molecule has 1 amide bonds. The van der Waals surface area contributed by atoms with E-state index >= 15 is 0 Å². The summed E-state index contributed by atoms with van der Waals surface area (Å²) >= 11 is 0. The number of carbonyl (C=O) groups excluding carboxylic acids is 1. The first-order chi connectivity index (χ1) is 10.6. The van der Waals surface area contributed by atoms with E-state index in [9.17, 15) is 4.79 Å². The topological polar surface area (TPSA) is 54.5 Å². The first kappa shape index (κ1) is 14.8. The van der Waals surface area contributed by atoms with Crippen molar-refractivity contribution in [2.75, 3.05) is 32.7 Å². The van der Waals surface area contributed by atoms with Crippen LogP contribution in [0.1, 0.15) is 21.9 Å². The monoisotopic (exact) mass is 302 g/mol. The highest BCUT2D eigenvalue weighted by molar-refractivity contribution is 5.95. The second kappa shape index (κ2) is 6.36. The fourth-order valence-electron chi connectivity index (χ4n) is 2.86. The van der Waals surface area contributed by atoms with Crippen LogP contribution in [0.25, 0.3) is 0 Å². The third-order valence-electron chi connectivity index (χ3n) is 4.14. The molecule has 1 saturated heterocycles. The fraction of sp³-hybridized carbons (Fsp3) is 0.500. The Morgan fingerprint density at radius 1 is 1.23 bits per heavy atom. The van der Waals surface area contributed by atoms with Gasteiger partial charge in [0.05, 0.1) is 12.1 Å². The third-order valence-corrected chi connectivity index (χ3v) is 4.14. The van der Waals surface area contributed by atoms with Crippen molar-refractivity contribution in [3.8, 4) is 0 Å². The number of hydrogen-bond acceptors (Lipinski definition) is 4. The molecule has 118 valence electrons. The molecule has 22 heavy (non-hydrogen) atoms. The summed E-state index contributed by atoms with van der Waals surface area (Å²) in [6.07, 6.45) is 3.77. The van der Waals surface area contributed by atoms with Crippen LogP contribution in [0.15, 0.2) is 28.9 Å². The molecule has 0 radical (unpaired) electrons. The highest BCUT2D eigenvalue weighted by atomic mass is 16.3.